The van der Waals surface area contributed by atoms with E-state index in [9.17, 15) is 0 Å². The van der Waals surface area contributed by atoms with Crippen LogP contribution < -0.4 is 10.6 Å². The van der Waals surface area contributed by atoms with E-state index in [1.165, 1.54) is 18.4 Å². The van der Waals surface area contributed by atoms with Crippen LogP contribution in [-0.2, 0) is 19.4 Å². The van der Waals surface area contributed by atoms with Crippen molar-refractivity contribution in [1.82, 2.24) is 15.8 Å². The molecule has 19 heavy (non-hydrogen) atoms. The lowest BCUT2D eigenvalue weighted by Crippen LogP contribution is -2.38. The molecule has 0 aromatic carbocycles. The van der Waals surface area contributed by atoms with Gasteiger partial charge in [-0.05, 0) is 19.3 Å². The van der Waals surface area contributed by atoms with Gasteiger partial charge in [-0.2, -0.15) is 0 Å². The lowest BCUT2D eigenvalue weighted by molar-refractivity contribution is 0.380. The molecule has 1 aliphatic rings. The van der Waals surface area contributed by atoms with Crippen molar-refractivity contribution >= 4 is 29.9 Å². The fourth-order valence-corrected chi connectivity index (χ4v) is 1.93. The molecular formula is C13H23IN4O. The van der Waals surface area contributed by atoms with Crippen molar-refractivity contribution in [2.45, 2.75) is 52.1 Å². The Kier molecular flexibility index (Phi) is 6.60. The summed E-state index contributed by atoms with van der Waals surface area (Å²) < 4.78 is 5.34. The molecule has 1 aromatic heterocycles. The quantitative estimate of drug-likeness (QED) is 0.469. The van der Waals surface area contributed by atoms with Crippen LogP contribution in [0.3, 0.4) is 0 Å². The van der Waals surface area contributed by atoms with Gasteiger partial charge in [-0.15, -0.1) is 24.0 Å². The lowest BCUT2D eigenvalue weighted by Gasteiger charge is -2.11. The molecule has 1 aromatic rings. The van der Waals surface area contributed by atoms with E-state index in [-0.39, 0.29) is 24.0 Å². The van der Waals surface area contributed by atoms with E-state index in [4.69, 9.17) is 4.52 Å². The summed E-state index contributed by atoms with van der Waals surface area (Å²) in [6.45, 7) is 4.90. The van der Waals surface area contributed by atoms with Gasteiger partial charge in [-0.3, -0.25) is 4.99 Å². The van der Waals surface area contributed by atoms with Crippen LogP contribution in [0.4, 0.5) is 0 Å². The minimum atomic E-state index is 0. The number of halogens is 1. The third-order valence-electron chi connectivity index (χ3n) is 3.18. The average Bonchev–Trinajstić information content (AvgIpc) is 3.12. The number of nitrogens with one attached hydrogen (secondary N) is 2. The Morgan fingerprint density at radius 1 is 1.37 bits per heavy atom. The Bertz CT molecular complexity index is 405. The van der Waals surface area contributed by atoms with Gasteiger partial charge in [0.25, 0.3) is 0 Å². The Labute approximate surface area is 131 Å². The highest BCUT2D eigenvalue weighted by Crippen LogP contribution is 2.18. The van der Waals surface area contributed by atoms with Crippen molar-refractivity contribution in [2.24, 2.45) is 4.99 Å². The third-order valence-corrected chi connectivity index (χ3v) is 3.18. The Morgan fingerprint density at radius 3 is 2.63 bits per heavy atom. The topological polar surface area (TPSA) is 62.5 Å². The smallest absolute Gasteiger partial charge is 0.191 e. The predicted octanol–water partition coefficient (Wildman–Crippen LogP) is 2.24. The molecule has 6 heteroatoms. The van der Waals surface area contributed by atoms with E-state index >= 15 is 0 Å². The molecule has 0 saturated heterocycles. The van der Waals surface area contributed by atoms with Crippen LogP contribution in [0.25, 0.3) is 0 Å². The number of guanidine groups is 1. The summed E-state index contributed by atoms with van der Waals surface area (Å²) in [5.74, 6) is 1.84. The third kappa shape index (κ3) is 4.36. The first kappa shape index (κ1) is 16.3. The van der Waals surface area contributed by atoms with Crippen molar-refractivity contribution in [2.75, 3.05) is 7.05 Å². The molecule has 0 atom stereocenters. The molecule has 0 aliphatic heterocycles. The summed E-state index contributed by atoms with van der Waals surface area (Å²) in [7, 11) is 1.80. The minimum absolute atomic E-state index is 0. The second-order valence-electron chi connectivity index (χ2n) is 4.58. The molecule has 0 amide bonds. The average molecular weight is 378 g/mol. The van der Waals surface area contributed by atoms with Crippen LogP contribution in [-0.4, -0.2) is 24.2 Å². The van der Waals surface area contributed by atoms with Gasteiger partial charge < -0.3 is 15.2 Å². The molecule has 0 unspecified atom stereocenters. The number of hydrogen-bond acceptors (Lipinski definition) is 3. The molecule has 2 N–H and O–H groups in total. The fraction of sp³-hybridized carbons (Fsp3) is 0.692. The van der Waals surface area contributed by atoms with Crippen molar-refractivity contribution in [3.05, 3.63) is 17.0 Å². The number of aliphatic imine (C=N–C) groups is 1. The van der Waals surface area contributed by atoms with Gasteiger partial charge in [0.2, 0.25) is 0 Å². The van der Waals surface area contributed by atoms with Crippen molar-refractivity contribution in [3.63, 3.8) is 0 Å². The second-order valence-corrected chi connectivity index (χ2v) is 4.58. The molecule has 1 aliphatic carbocycles. The van der Waals surface area contributed by atoms with Gasteiger partial charge >= 0.3 is 0 Å². The summed E-state index contributed by atoms with van der Waals surface area (Å²) in [5.41, 5.74) is 2.22. The molecule has 1 saturated carbocycles. The standard InChI is InChI=1S/C13H22N4O.HI/c1-4-11-10(12(5-2)18-17-11)8-15-13(14-3)16-9-6-7-9;/h9H,4-8H2,1-3H3,(H2,14,15,16);1H. The highest BCUT2D eigenvalue weighted by molar-refractivity contribution is 14.0. The first-order valence-electron chi connectivity index (χ1n) is 6.71. The molecular weight excluding hydrogens is 355 g/mol. The summed E-state index contributed by atoms with van der Waals surface area (Å²) in [6.07, 6.45) is 4.26. The van der Waals surface area contributed by atoms with E-state index in [1.54, 1.807) is 7.05 Å². The van der Waals surface area contributed by atoms with Crippen LogP contribution in [0.1, 0.15) is 43.7 Å². The summed E-state index contributed by atoms with van der Waals surface area (Å²) >= 11 is 0. The summed E-state index contributed by atoms with van der Waals surface area (Å²) in [5, 5.41) is 10.8. The van der Waals surface area contributed by atoms with E-state index in [1.807, 2.05) is 0 Å². The van der Waals surface area contributed by atoms with Crippen molar-refractivity contribution in [1.29, 1.82) is 0 Å². The first-order valence-corrected chi connectivity index (χ1v) is 6.71. The van der Waals surface area contributed by atoms with Crippen LogP contribution in [0.2, 0.25) is 0 Å². The SMILES string of the molecule is CCc1noc(CC)c1CNC(=NC)NC1CC1.I. The molecule has 1 heterocycles. The first-order chi connectivity index (χ1) is 8.78. The highest BCUT2D eigenvalue weighted by Gasteiger charge is 2.22. The second kappa shape index (κ2) is 7.72. The van der Waals surface area contributed by atoms with Gasteiger partial charge in [0, 0.05) is 31.6 Å². The van der Waals surface area contributed by atoms with E-state index in [2.05, 4.69) is 34.6 Å². The zero-order chi connectivity index (χ0) is 13.0. The van der Waals surface area contributed by atoms with Gasteiger partial charge in [-0.25, -0.2) is 0 Å². The number of aromatic nitrogens is 1. The highest BCUT2D eigenvalue weighted by atomic mass is 127. The lowest BCUT2D eigenvalue weighted by atomic mass is 10.1. The van der Waals surface area contributed by atoms with Gasteiger partial charge in [-0.1, -0.05) is 19.0 Å². The maximum absolute atomic E-state index is 5.34. The van der Waals surface area contributed by atoms with Crippen LogP contribution in [0, 0.1) is 0 Å². The molecule has 108 valence electrons. The van der Waals surface area contributed by atoms with Crippen molar-refractivity contribution in [3.8, 4) is 0 Å². The normalized spacial score (nSPS) is 15.0. The van der Waals surface area contributed by atoms with E-state index < -0.39 is 0 Å². The molecule has 1 fully saturated rings. The summed E-state index contributed by atoms with van der Waals surface area (Å²) in [4.78, 5) is 4.22. The number of rotatable bonds is 5. The fourth-order valence-electron chi connectivity index (χ4n) is 1.93. The molecule has 0 spiro atoms. The molecule has 0 bridgehead atoms. The van der Waals surface area contributed by atoms with Crippen LogP contribution >= 0.6 is 24.0 Å². The minimum Gasteiger partial charge on any atom is -0.361 e. The molecule has 0 radical (unpaired) electrons. The number of nitrogens with zero attached hydrogens (tertiary/aromatic N) is 2. The number of hydrogen-bond donors (Lipinski definition) is 2. The Balaban J connectivity index is 0.00000180. The van der Waals surface area contributed by atoms with Gasteiger partial charge in [0.15, 0.2) is 5.96 Å². The molecule has 2 rings (SSSR count). The van der Waals surface area contributed by atoms with E-state index in [0.717, 1.165) is 36.8 Å². The monoisotopic (exact) mass is 378 g/mol. The van der Waals surface area contributed by atoms with Crippen LogP contribution in [0.15, 0.2) is 9.52 Å². The maximum Gasteiger partial charge on any atom is 0.191 e. The summed E-state index contributed by atoms with van der Waals surface area (Å²) in [6, 6.07) is 0.606. The van der Waals surface area contributed by atoms with Gasteiger partial charge in [0.05, 0.1) is 5.69 Å². The van der Waals surface area contributed by atoms with E-state index in [0.29, 0.717) is 6.04 Å². The zero-order valence-corrected chi connectivity index (χ0v) is 14.2. The predicted molar refractivity (Wildman–Crippen MR) is 87.0 cm³/mol. The van der Waals surface area contributed by atoms with Crippen molar-refractivity contribution < 1.29 is 4.52 Å². The maximum atomic E-state index is 5.34. The van der Waals surface area contributed by atoms with Crippen LogP contribution in [0.5, 0.6) is 0 Å². The van der Waals surface area contributed by atoms with Gasteiger partial charge in [0.1, 0.15) is 5.76 Å². The zero-order valence-electron chi connectivity index (χ0n) is 11.8. The Hall–Kier alpha value is -0.790. The molecule has 5 nitrogen and oxygen atoms in total. The largest absolute Gasteiger partial charge is 0.361 e. The Morgan fingerprint density at radius 2 is 2.11 bits per heavy atom. The number of aryl methyl sites for hydroxylation is 2.